The Morgan fingerprint density at radius 2 is 1.94 bits per heavy atom. The van der Waals surface area contributed by atoms with Crippen LogP contribution in [0.5, 0.6) is 11.5 Å². The molecule has 0 bridgehead atoms. The van der Waals surface area contributed by atoms with Gasteiger partial charge in [0.25, 0.3) is 0 Å². The number of halogens is 1. The Labute approximate surface area is 200 Å². The number of ether oxygens (including phenoxy) is 2. The molecule has 0 atom stereocenters. The lowest BCUT2D eigenvalue weighted by Gasteiger charge is -2.32. The van der Waals surface area contributed by atoms with Crippen molar-refractivity contribution in [2.24, 2.45) is 0 Å². The third kappa shape index (κ3) is 4.78. The van der Waals surface area contributed by atoms with Gasteiger partial charge in [0, 0.05) is 28.9 Å². The molecule has 1 aromatic heterocycles. The number of likely N-dealkylation sites (tertiary alicyclic amines) is 1. The minimum atomic E-state index is 0.475. The fourth-order valence-electron chi connectivity index (χ4n) is 4.95. The summed E-state index contributed by atoms with van der Waals surface area (Å²) in [4.78, 5) is 7.14. The van der Waals surface area contributed by atoms with Crippen LogP contribution in [0.15, 0.2) is 66.9 Å². The fraction of sp³-hybridized carbons (Fsp3) is 0.321. The van der Waals surface area contributed by atoms with Crippen LogP contribution in [0.3, 0.4) is 0 Å². The number of pyridine rings is 1. The second-order valence-electron chi connectivity index (χ2n) is 8.69. The van der Waals surface area contributed by atoms with Crippen LogP contribution in [-0.4, -0.2) is 36.6 Å². The maximum absolute atomic E-state index is 6.44. The van der Waals surface area contributed by atoms with Gasteiger partial charge >= 0.3 is 0 Å². The van der Waals surface area contributed by atoms with Crippen molar-refractivity contribution in [1.29, 1.82) is 0 Å². The van der Waals surface area contributed by atoms with Gasteiger partial charge in [-0.2, -0.15) is 0 Å². The van der Waals surface area contributed by atoms with E-state index in [2.05, 4.69) is 40.2 Å². The molecule has 3 heterocycles. The molecular weight excluding hydrogens is 432 g/mol. The molecule has 1 saturated heterocycles. The number of methoxy groups -OCH3 is 1. The topological polar surface area (TPSA) is 34.6 Å². The van der Waals surface area contributed by atoms with E-state index in [9.17, 15) is 0 Å². The van der Waals surface area contributed by atoms with E-state index in [0.29, 0.717) is 12.5 Å². The lowest BCUT2D eigenvalue weighted by Crippen LogP contribution is -2.33. The standard InChI is InChI=1S/C28H29ClN2O2/c1-32-21-10-11-28-25(18-21)23(24-7-4-14-30-27(24)19-33-28)8-5-15-31-16-12-20(13-17-31)22-6-2-3-9-26(22)29/h2-4,6-11,14,18,20H,5,12-13,15-17,19H2,1H3/b23-8+. The van der Waals surface area contributed by atoms with Crippen LogP contribution in [0.4, 0.5) is 0 Å². The van der Waals surface area contributed by atoms with Gasteiger partial charge in [-0.05, 0) is 79.7 Å². The second-order valence-corrected chi connectivity index (χ2v) is 9.10. The highest BCUT2D eigenvalue weighted by atomic mass is 35.5. The van der Waals surface area contributed by atoms with Crippen molar-refractivity contribution < 1.29 is 9.47 Å². The molecule has 3 aromatic rings. The Morgan fingerprint density at radius 1 is 1.09 bits per heavy atom. The molecule has 0 saturated carbocycles. The molecule has 1 fully saturated rings. The maximum Gasteiger partial charge on any atom is 0.131 e. The lowest BCUT2D eigenvalue weighted by atomic mass is 9.89. The van der Waals surface area contributed by atoms with Gasteiger partial charge < -0.3 is 14.4 Å². The number of piperidine rings is 1. The van der Waals surface area contributed by atoms with Crippen molar-refractivity contribution in [1.82, 2.24) is 9.88 Å². The van der Waals surface area contributed by atoms with Crippen LogP contribution in [0.25, 0.3) is 5.57 Å². The van der Waals surface area contributed by atoms with Gasteiger partial charge in [0.05, 0.1) is 12.8 Å². The van der Waals surface area contributed by atoms with Crippen LogP contribution in [0.1, 0.15) is 47.6 Å². The summed E-state index contributed by atoms with van der Waals surface area (Å²) < 4.78 is 11.6. The Hall–Kier alpha value is -2.82. The van der Waals surface area contributed by atoms with E-state index in [1.54, 1.807) is 7.11 Å². The molecule has 0 amide bonds. The third-order valence-electron chi connectivity index (χ3n) is 6.75. The Balaban J connectivity index is 1.31. The first kappa shape index (κ1) is 22.0. The molecule has 170 valence electrons. The van der Waals surface area contributed by atoms with Gasteiger partial charge in [-0.25, -0.2) is 0 Å². The van der Waals surface area contributed by atoms with Gasteiger partial charge in [-0.1, -0.05) is 41.9 Å². The summed E-state index contributed by atoms with van der Waals surface area (Å²) >= 11 is 6.44. The predicted octanol–water partition coefficient (Wildman–Crippen LogP) is 6.34. The first-order valence-electron chi connectivity index (χ1n) is 11.7. The number of benzene rings is 2. The monoisotopic (exact) mass is 460 g/mol. The number of fused-ring (bicyclic) bond motifs is 2. The summed E-state index contributed by atoms with van der Waals surface area (Å²) in [5, 5.41) is 0.901. The average molecular weight is 461 g/mol. The second kappa shape index (κ2) is 9.98. The van der Waals surface area contributed by atoms with Crippen molar-refractivity contribution in [3.8, 4) is 11.5 Å². The Morgan fingerprint density at radius 3 is 2.76 bits per heavy atom. The van der Waals surface area contributed by atoms with Gasteiger partial charge in [-0.15, -0.1) is 0 Å². The number of aromatic nitrogens is 1. The number of hydrogen-bond donors (Lipinski definition) is 0. The molecule has 2 aliphatic heterocycles. The van der Waals surface area contributed by atoms with Crippen molar-refractivity contribution in [3.63, 3.8) is 0 Å². The van der Waals surface area contributed by atoms with Crippen molar-refractivity contribution >= 4 is 17.2 Å². The van der Waals surface area contributed by atoms with Crippen molar-refractivity contribution in [2.75, 3.05) is 26.7 Å². The van der Waals surface area contributed by atoms with Crippen LogP contribution in [0, 0.1) is 0 Å². The first-order valence-corrected chi connectivity index (χ1v) is 12.0. The van der Waals surface area contributed by atoms with Crippen LogP contribution in [-0.2, 0) is 6.61 Å². The highest BCUT2D eigenvalue weighted by molar-refractivity contribution is 6.31. The Bertz CT molecular complexity index is 1150. The molecule has 0 unspecified atom stereocenters. The molecule has 5 rings (SSSR count). The molecule has 0 radical (unpaired) electrons. The number of nitrogens with zero attached hydrogens (tertiary/aromatic N) is 2. The summed E-state index contributed by atoms with van der Waals surface area (Å²) in [5.41, 5.74) is 5.66. The quantitative estimate of drug-likeness (QED) is 0.445. The molecule has 0 spiro atoms. The van der Waals surface area contributed by atoms with Crippen molar-refractivity contribution in [3.05, 3.63) is 94.3 Å². The minimum absolute atomic E-state index is 0.475. The molecule has 4 nitrogen and oxygen atoms in total. The van der Waals surface area contributed by atoms with E-state index >= 15 is 0 Å². The highest BCUT2D eigenvalue weighted by Crippen LogP contribution is 2.38. The summed E-state index contributed by atoms with van der Waals surface area (Å²) in [7, 11) is 1.70. The van der Waals surface area contributed by atoms with Crippen molar-refractivity contribution in [2.45, 2.75) is 31.8 Å². The zero-order valence-electron chi connectivity index (χ0n) is 19.0. The van der Waals surface area contributed by atoms with E-state index in [1.165, 1.54) is 11.1 Å². The summed E-state index contributed by atoms with van der Waals surface area (Å²) in [6.07, 6.45) is 7.45. The lowest BCUT2D eigenvalue weighted by molar-refractivity contribution is 0.216. The summed E-state index contributed by atoms with van der Waals surface area (Å²) in [6.45, 7) is 3.71. The zero-order chi connectivity index (χ0) is 22.6. The van der Waals surface area contributed by atoms with Gasteiger partial charge in [0.15, 0.2) is 0 Å². The zero-order valence-corrected chi connectivity index (χ0v) is 19.7. The Kier molecular flexibility index (Phi) is 6.65. The molecule has 0 aliphatic carbocycles. The highest BCUT2D eigenvalue weighted by Gasteiger charge is 2.23. The van der Waals surface area contributed by atoms with Gasteiger partial charge in [0.1, 0.15) is 18.1 Å². The van der Waals surface area contributed by atoms with E-state index in [0.717, 1.165) is 72.2 Å². The van der Waals surface area contributed by atoms with E-state index < -0.39 is 0 Å². The minimum Gasteiger partial charge on any atom is -0.497 e. The van der Waals surface area contributed by atoms with E-state index in [-0.39, 0.29) is 0 Å². The molecule has 2 aromatic carbocycles. The third-order valence-corrected chi connectivity index (χ3v) is 7.09. The molecular formula is C28H29ClN2O2. The van der Waals surface area contributed by atoms with Gasteiger partial charge in [0.2, 0.25) is 0 Å². The largest absolute Gasteiger partial charge is 0.497 e. The average Bonchev–Trinajstić information content (AvgIpc) is 3.01. The fourth-order valence-corrected chi connectivity index (χ4v) is 5.24. The molecule has 0 N–H and O–H groups in total. The smallest absolute Gasteiger partial charge is 0.131 e. The first-order chi connectivity index (χ1) is 16.2. The van der Waals surface area contributed by atoms with Crippen LogP contribution < -0.4 is 9.47 Å². The molecule has 33 heavy (non-hydrogen) atoms. The normalized spacial score (nSPS) is 17.7. The van der Waals surface area contributed by atoms with Crippen LogP contribution >= 0.6 is 11.6 Å². The molecule has 2 aliphatic rings. The van der Waals surface area contributed by atoms with E-state index in [4.69, 9.17) is 21.1 Å². The molecule has 5 heteroatoms. The van der Waals surface area contributed by atoms with E-state index in [1.807, 2.05) is 36.5 Å². The predicted molar refractivity (Wildman–Crippen MR) is 133 cm³/mol. The number of rotatable bonds is 5. The van der Waals surface area contributed by atoms with Gasteiger partial charge in [-0.3, -0.25) is 4.98 Å². The number of hydrogen-bond acceptors (Lipinski definition) is 4. The SMILES string of the molecule is COc1ccc2c(c1)/C(=C/CCN1CCC(c3ccccc3Cl)CC1)c1cccnc1CO2. The summed E-state index contributed by atoms with van der Waals surface area (Å²) in [5.74, 6) is 2.27. The van der Waals surface area contributed by atoms with Crippen LogP contribution in [0.2, 0.25) is 5.02 Å². The maximum atomic E-state index is 6.44. The summed E-state index contributed by atoms with van der Waals surface area (Å²) in [6, 6.07) is 18.4.